The highest BCUT2D eigenvalue weighted by Crippen LogP contribution is 2.40. The van der Waals surface area contributed by atoms with Gasteiger partial charge in [-0.2, -0.15) is 8.78 Å². The number of rotatable bonds is 8. The Hall–Kier alpha value is -1.62. The van der Waals surface area contributed by atoms with E-state index >= 15 is 0 Å². The quantitative estimate of drug-likeness (QED) is 0.705. The predicted molar refractivity (Wildman–Crippen MR) is 87.5 cm³/mol. The molecule has 1 aromatic carbocycles. The van der Waals surface area contributed by atoms with Crippen molar-refractivity contribution in [3.63, 3.8) is 0 Å². The first-order chi connectivity index (χ1) is 11.7. The first kappa shape index (κ1) is 15.9. The van der Waals surface area contributed by atoms with Crippen LogP contribution in [0.4, 0.5) is 8.78 Å². The van der Waals surface area contributed by atoms with Gasteiger partial charge in [-0.1, -0.05) is 30.6 Å². The number of hydrogen-bond acceptors (Lipinski definition) is 3. The molecule has 4 rings (SSSR count). The fraction of sp³-hybridized carbons (Fsp3) is 0.579. The zero-order valence-electron chi connectivity index (χ0n) is 13.6. The first-order valence-electron chi connectivity index (χ1n) is 8.87. The van der Waals surface area contributed by atoms with E-state index in [-0.39, 0.29) is 17.9 Å². The molecule has 0 amide bonds. The Morgan fingerprint density at radius 1 is 1.12 bits per heavy atom. The maximum Gasteiger partial charge on any atom is 0.387 e. The topological polar surface area (TPSA) is 30.5 Å². The van der Waals surface area contributed by atoms with Crippen LogP contribution in [0.1, 0.15) is 50.1 Å². The molecule has 3 nitrogen and oxygen atoms in total. The largest absolute Gasteiger partial charge is 0.487 e. The van der Waals surface area contributed by atoms with Gasteiger partial charge in [-0.3, -0.25) is 0 Å². The van der Waals surface area contributed by atoms with E-state index in [1.165, 1.54) is 24.8 Å². The van der Waals surface area contributed by atoms with Gasteiger partial charge in [0.25, 0.3) is 0 Å². The minimum atomic E-state index is -2.84. The smallest absolute Gasteiger partial charge is 0.387 e. The molecule has 0 saturated heterocycles. The van der Waals surface area contributed by atoms with Gasteiger partial charge < -0.3 is 14.8 Å². The lowest BCUT2D eigenvalue weighted by Gasteiger charge is -2.19. The Morgan fingerprint density at radius 3 is 2.67 bits per heavy atom. The van der Waals surface area contributed by atoms with Gasteiger partial charge in [-0.25, -0.2) is 0 Å². The van der Waals surface area contributed by atoms with Crippen LogP contribution in [-0.4, -0.2) is 19.3 Å². The van der Waals surface area contributed by atoms with Crippen LogP contribution in [0.25, 0.3) is 0 Å². The van der Waals surface area contributed by atoms with Crippen LogP contribution in [0.3, 0.4) is 0 Å². The number of nitrogens with one attached hydrogen (secondary N) is 1. The zero-order chi connectivity index (χ0) is 16.5. The standard InChI is InChI=1S/C19H23F2NO2/c20-19(21)24-16-8-5-14(11-17(16)23-15-6-7-15)18-13(9-10-22-18)4-3-12-1-2-12/h5,8-9,11-12,15,18-19,22H,1-4,6-7,10H2. The first-order valence-corrected chi connectivity index (χ1v) is 8.87. The molecule has 2 aliphatic carbocycles. The number of halogens is 2. The second-order valence-electron chi connectivity index (χ2n) is 7.00. The van der Waals surface area contributed by atoms with Gasteiger partial charge >= 0.3 is 6.61 Å². The summed E-state index contributed by atoms with van der Waals surface area (Å²) in [5.41, 5.74) is 2.47. The van der Waals surface area contributed by atoms with E-state index in [1.807, 2.05) is 12.1 Å². The van der Waals surface area contributed by atoms with E-state index in [0.29, 0.717) is 5.75 Å². The van der Waals surface area contributed by atoms with E-state index in [0.717, 1.165) is 37.3 Å². The molecular formula is C19H23F2NO2. The molecule has 1 atom stereocenters. The Bertz CT molecular complexity index is 624. The molecule has 2 saturated carbocycles. The average Bonchev–Trinajstić information content (AvgIpc) is 3.48. The van der Waals surface area contributed by atoms with E-state index in [4.69, 9.17) is 4.74 Å². The van der Waals surface area contributed by atoms with E-state index in [9.17, 15) is 8.78 Å². The summed E-state index contributed by atoms with van der Waals surface area (Å²) < 4.78 is 35.6. The van der Waals surface area contributed by atoms with Crippen LogP contribution in [0, 0.1) is 5.92 Å². The van der Waals surface area contributed by atoms with Crippen molar-refractivity contribution in [3.8, 4) is 11.5 Å². The third kappa shape index (κ3) is 3.89. The molecule has 1 unspecified atom stereocenters. The molecule has 130 valence electrons. The lowest BCUT2D eigenvalue weighted by atomic mass is 9.96. The summed E-state index contributed by atoms with van der Waals surface area (Å²) in [5, 5.41) is 3.49. The summed E-state index contributed by atoms with van der Waals surface area (Å²) in [6.07, 6.45) is 9.45. The summed E-state index contributed by atoms with van der Waals surface area (Å²) >= 11 is 0. The van der Waals surface area contributed by atoms with Gasteiger partial charge in [0.05, 0.1) is 12.1 Å². The van der Waals surface area contributed by atoms with Gasteiger partial charge in [-0.05, 0) is 49.3 Å². The van der Waals surface area contributed by atoms with E-state index in [2.05, 4.69) is 16.1 Å². The van der Waals surface area contributed by atoms with Crippen LogP contribution >= 0.6 is 0 Å². The Balaban J connectivity index is 1.51. The van der Waals surface area contributed by atoms with E-state index in [1.54, 1.807) is 6.07 Å². The predicted octanol–water partition coefficient (Wildman–Crippen LogP) is 4.59. The number of alkyl halides is 2. The second-order valence-corrected chi connectivity index (χ2v) is 7.00. The number of ether oxygens (including phenoxy) is 2. The van der Waals surface area contributed by atoms with Crippen LogP contribution < -0.4 is 14.8 Å². The molecule has 3 aliphatic rings. The molecule has 2 fully saturated rings. The van der Waals surface area contributed by atoms with Crippen molar-refractivity contribution in [2.75, 3.05) is 6.54 Å². The maximum atomic E-state index is 12.6. The van der Waals surface area contributed by atoms with Crippen molar-refractivity contribution in [1.29, 1.82) is 0 Å². The molecule has 0 aromatic heterocycles. The van der Waals surface area contributed by atoms with Gasteiger partial charge in [0.15, 0.2) is 11.5 Å². The highest BCUT2D eigenvalue weighted by molar-refractivity contribution is 5.46. The summed E-state index contributed by atoms with van der Waals surface area (Å²) in [7, 11) is 0. The van der Waals surface area contributed by atoms with Crippen molar-refractivity contribution in [3.05, 3.63) is 35.4 Å². The fourth-order valence-corrected chi connectivity index (χ4v) is 3.27. The summed E-state index contributed by atoms with van der Waals surface area (Å²) in [5.74, 6) is 1.47. The van der Waals surface area contributed by atoms with Crippen molar-refractivity contribution in [1.82, 2.24) is 5.32 Å². The minimum absolute atomic E-state index is 0.127. The van der Waals surface area contributed by atoms with Gasteiger partial charge in [0.1, 0.15) is 0 Å². The van der Waals surface area contributed by atoms with Crippen molar-refractivity contribution >= 4 is 0 Å². The zero-order valence-corrected chi connectivity index (χ0v) is 13.6. The van der Waals surface area contributed by atoms with Crippen molar-refractivity contribution in [2.24, 2.45) is 5.92 Å². The average molecular weight is 335 g/mol. The molecule has 1 aromatic rings. The molecule has 1 N–H and O–H groups in total. The number of benzene rings is 1. The van der Waals surface area contributed by atoms with Crippen LogP contribution in [0.2, 0.25) is 0 Å². The monoisotopic (exact) mass is 335 g/mol. The molecule has 24 heavy (non-hydrogen) atoms. The molecule has 0 spiro atoms. The van der Waals surface area contributed by atoms with Gasteiger partial charge in [0.2, 0.25) is 0 Å². The summed E-state index contributed by atoms with van der Waals surface area (Å²) in [6, 6.07) is 5.50. The normalized spacial score (nSPS) is 23.5. The minimum Gasteiger partial charge on any atom is -0.487 e. The van der Waals surface area contributed by atoms with Crippen LogP contribution in [0.5, 0.6) is 11.5 Å². The van der Waals surface area contributed by atoms with Crippen LogP contribution in [-0.2, 0) is 0 Å². The van der Waals surface area contributed by atoms with Crippen molar-refractivity contribution in [2.45, 2.75) is 57.3 Å². The molecule has 0 radical (unpaired) electrons. The summed E-state index contributed by atoms with van der Waals surface area (Å²) in [6.45, 7) is -1.98. The fourth-order valence-electron chi connectivity index (χ4n) is 3.27. The summed E-state index contributed by atoms with van der Waals surface area (Å²) in [4.78, 5) is 0. The Labute approximate surface area is 141 Å². The highest BCUT2D eigenvalue weighted by Gasteiger charge is 2.28. The molecular weight excluding hydrogens is 312 g/mol. The third-order valence-corrected chi connectivity index (χ3v) is 4.93. The lowest BCUT2D eigenvalue weighted by Crippen LogP contribution is -2.17. The molecule has 0 bridgehead atoms. The lowest BCUT2D eigenvalue weighted by molar-refractivity contribution is -0.0516. The SMILES string of the molecule is FC(F)Oc1ccc(C2NCC=C2CCC2CC2)cc1OC1CC1. The van der Waals surface area contributed by atoms with Gasteiger partial charge in [0, 0.05) is 6.54 Å². The van der Waals surface area contributed by atoms with Crippen LogP contribution in [0.15, 0.2) is 29.8 Å². The third-order valence-electron chi connectivity index (χ3n) is 4.93. The Kier molecular flexibility index (Phi) is 4.44. The highest BCUT2D eigenvalue weighted by atomic mass is 19.3. The number of hydrogen-bond donors (Lipinski definition) is 1. The second kappa shape index (κ2) is 6.71. The molecule has 1 heterocycles. The Morgan fingerprint density at radius 2 is 1.96 bits per heavy atom. The van der Waals surface area contributed by atoms with Crippen molar-refractivity contribution < 1.29 is 18.3 Å². The maximum absolute atomic E-state index is 12.6. The molecule has 1 aliphatic heterocycles. The van der Waals surface area contributed by atoms with Gasteiger partial charge in [-0.15, -0.1) is 0 Å². The molecule has 5 heteroatoms. The van der Waals surface area contributed by atoms with E-state index < -0.39 is 6.61 Å².